The van der Waals surface area contributed by atoms with E-state index in [4.69, 9.17) is 14.5 Å². The van der Waals surface area contributed by atoms with Gasteiger partial charge in [0, 0.05) is 41.7 Å². The average Bonchev–Trinajstić information content (AvgIpc) is 3.10. The van der Waals surface area contributed by atoms with Crippen molar-refractivity contribution >= 4 is 38.4 Å². The second kappa shape index (κ2) is 9.26. The second-order valence-corrected chi connectivity index (χ2v) is 11.7. The Morgan fingerprint density at radius 1 is 1.32 bits per heavy atom. The van der Waals surface area contributed by atoms with E-state index in [0.717, 1.165) is 68.6 Å². The van der Waals surface area contributed by atoms with Gasteiger partial charge in [-0.15, -0.1) is 0 Å². The molecular formula is C29H32N2O5S. The normalized spacial score (nSPS) is 16.2. The molecule has 37 heavy (non-hydrogen) atoms. The number of carboxylic acids is 1. The van der Waals surface area contributed by atoms with E-state index in [1.807, 2.05) is 52.0 Å². The van der Waals surface area contributed by atoms with Crippen LogP contribution in [-0.2, 0) is 23.0 Å². The molecule has 0 fully saturated rings. The van der Waals surface area contributed by atoms with E-state index >= 15 is 0 Å². The monoisotopic (exact) mass is 520 g/mol. The first-order valence-corrected chi connectivity index (χ1v) is 13.4. The Bertz CT molecular complexity index is 1580. The fourth-order valence-corrected chi connectivity index (χ4v) is 6.35. The number of aliphatic carboxylic acids is 1. The van der Waals surface area contributed by atoms with Crippen molar-refractivity contribution in [3.05, 3.63) is 56.8 Å². The second-order valence-electron chi connectivity index (χ2n) is 10.7. The Morgan fingerprint density at radius 2 is 2.08 bits per heavy atom. The number of carbonyl (C=O) groups is 1. The molecule has 0 aliphatic carbocycles. The molecule has 7 nitrogen and oxygen atoms in total. The number of aromatic nitrogens is 2. The molecule has 194 valence electrons. The van der Waals surface area contributed by atoms with Gasteiger partial charge in [-0.2, -0.15) is 0 Å². The lowest BCUT2D eigenvalue weighted by molar-refractivity contribution is -0.160. The first-order chi connectivity index (χ1) is 17.5. The lowest BCUT2D eigenvalue weighted by atomic mass is 9.88. The van der Waals surface area contributed by atoms with Crippen molar-refractivity contribution in [1.82, 2.24) is 9.55 Å². The molecule has 0 amide bonds. The van der Waals surface area contributed by atoms with Crippen molar-refractivity contribution in [2.45, 2.75) is 71.7 Å². The maximum atomic E-state index is 12.8. The van der Waals surface area contributed by atoms with Gasteiger partial charge in [-0.3, -0.25) is 9.78 Å². The zero-order valence-electron chi connectivity index (χ0n) is 22.0. The lowest BCUT2D eigenvalue weighted by Gasteiger charge is -2.29. The van der Waals surface area contributed by atoms with Crippen molar-refractivity contribution < 1.29 is 19.4 Å². The molecule has 1 N–H and O–H groups in total. The number of pyridine rings is 1. The predicted octanol–water partition coefficient (Wildman–Crippen LogP) is 6.17. The van der Waals surface area contributed by atoms with Crippen molar-refractivity contribution in [1.29, 1.82) is 0 Å². The molecule has 1 aliphatic heterocycles. The van der Waals surface area contributed by atoms with Crippen LogP contribution in [0.25, 0.3) is 32.2 Å². The van der Waals surface area contributed by atoms with Crippen molar-refractivity contribution in [3.8, 4) is 16.9 Å². The fourth-order valence-electron chi connectivity index (χ4n) is 5.32. The highest BCUT2D eigenvalue weighted by atomic mass is 32.1. The summed E-state index contributed by atoms with van der Waals surface area (Å²) in [6, 6.07) is 7.82. The SMILES string of the molecule is CCCC1Cc2ccnc3c(-c4c(C(OC(C)(C)C)C(=O)O)c(C)cc5c4sc(=O)n5C)ccc(c23)O1. The third-order valence-corrected chi connectivity index (χ3v) is 7.92. The van der Waals surface area contributed by atoms with E-state index in [0.29, 0.717) is 11.1 Å². The zero-order valence-corrected chi connectivity index (χ0v) is 22.9. The average molecular weight is 521 g/mol. The summed E-state index contributed by atoms with van der Waals surface area (Å²) in [5, 5.41) is 11.3. The molecule has 4 aromatic rings. The van der Waals surface area contributed by atoms with Crippen molar-refractivity contribution in [2.75, 3.05) is 0 Å². The molecular weight excluding hydrogens is 488 g/mol. The molecule has 2 aromatic carbocycles. The number of hydrogen-bond donors (Lipinski definition) is 1. The number of thiazole rings is 1. The summed E-state index contributed by atoms with van der Waals surface area (Å²) in [6.45, 7) is 9.54. The van der Waals surface area contributed by atoms with Gasteiger partial charge in [-0.05, 0) is 69.5 Å². The minimum absolute atomic E-state index is 0.113. The van der Waals surface area contributed by atoms with Crippen molar-refractivity contribution in [2.24, 2.45) is 7.05 Å². The number of carboxylic acid groups (broad SMARTS) is 1. The smallest absolute Gasteiger partial charge is 0.337 e. The summed E-state index contributed by atoms with van der Waals surface area (Å²) < 4.78 is 14.8. The number of nitrogens with zero attached hydrogens (tertiary/aromatic N) is 2. The molecule has 3 heterocycles. The van der Waals surface area contributed by atoms with Crippen LogP contribution < -0.4 is 9.61 Å². The van der Waals surface area contributed by atoms with Gasteiger partial charge in [0.1, 0.15) is 11.9 Å². The summed E-state index contributed by atoms with van der Waals surface area (Å²) in [6.07, 6.45) is 3.50. The van der Waals surface area contributed by atoms with Crippen LogP contribution in [-0.4, -0.2) is 32.3 Å². The predicted molar refractivity (Wildman–Crippen MR) is 147 cm³/mol. The zero-order chi connectivity index (χ0) is 26.6. The minimum atomic E-state index is -1.22. The third kappa shape index (κ3) is 4.42. The van der Waals surface area contributed by atoms with E-state index in [-0.39, 0.29) is 11.0 Å². The molecule has 1 aliphatic rings. The number of aryl methyl sites for hydroxylation is 2. The van der Waals surface area contributed by atoms with E-state index in [2.05, 4.69) is 6.92 Å². The van der Waals surface area contributed by atoms with Gasteiger partial charge in [0.15, 0.2) is 6.10 Å². The fraction of sp³-hybridized carbons (Fsp3) is 0.414. The largest absolute Gasteiger partial charge is 0.489 e. The number of benzene rings is 2. The first-order valence-electron chi connectivity index (χ1n) is 12.6. The van der Waals surface area contributed by atoms with Gasteiger partial charge < -0.3 is 19.1 Å². The van der Waals surface area contributed by atoms with Crippen LogP contribution in [0.1, 0.15) is 63.3 Å². The van der Waals surface area contributed by atoms with E-state index in [1.54, 1.807) is 17.8 Å². The standard InChI is InChI=1S/C29H32N2O5S/c1-7-8-17-14-16-11-12-30-24-18(9-10-20(35-17)22(16)24)23-21(25(27(32)33)36-29(3,4)5)15(2)13-19-26(23)37-28(34)31(19)6/h9-13,17,25H,7-8,14H2,1-6H3,(H,32,33). The lowest BCUT2D eigenvalue weighted by Crippen LogP contribution is -2.28. The highest BCUT2D eigenvalue weighted by Gasteiger charge is 2.34. The Kier molecular flexibility index (Phi) is 6.36. The molecule has 2 atom stereocenters. The van der Waals surface area contributed by atoms with Crippen LogP contribution in [0, 0.1) is 6.92 Å². The topological polar surface area (TPSA) is 90.7 Å². The Morgan fingerprint density at radius 3 is 2.76 bits per heavy atom. The van der Waals surface area contributed by atoms with E-state index in [1.165, 1.54) is 5.56 Å². The van der Waals surface area contributed by atoms with Gasteiger partial charge in [0.05, 0.1) is 21.3 Å². The molecule has 0 saturated heterocycles. The van der Waals surface area contributed by atoms with Gasteiger partial charge in [0.2, 0.25) is 0 Å². The van der Waals surface area contributed by atoms with Crippen LogP contribution in [0.2, 0.25) is 0 Å². The van der Waals surface area contributed by atoms with Crippen LogP contribution in [0.15, 0.2) is 35.3 Å². The Labute approximate surface area is 219 Å². The van der Waals surface area contributed by atoms with Gasteiger partial charge in [-0.1, -0.05) is 24.7 Å². The number of hydrogen-bond acceptors (Lipinski definition) is 6. The maximum Gasteiger partial charge on any atom is 0.337 e. The third-order valence-electron chi connectivity index (χ3n) is 6.85. The molecule has 0 bridgehead atoms. The van der Waals surface area contributed by atoms with Gasteiger partial charge in [-0.25, -0.2) is 4.79 Å². The molecule has 0 spiro atoms. The van der Waals surface area contributed by atoms with Crippen LogP contribution in [0.3, 0.4) is 0 Å². The Hall–Kier alpha value is -3.23. The van der Waals surface area contributed by atoms with Crippen LogP contribution in [0.5, 0.6) is 5.75 Å². The molecule has 8 heteroatoms. The summed E-state index contributed by atoms with van der Waals surface area (Å²) in [7, 11) is 1.74. The molecule has 0 saturated carbocycles. The quantitative estimate of drug-likeness (QED) is 0.327. The molecule has 2 aromatic heterocycles. The summed E-state index contributed by atoms with van der Waals surface area (Å²) in [5.74, 6) is -0.290. The number of fused-ring (bicyclic) bond motifs is 1. The summed E-state index contributed by atoms with van der Waals surface area (Å²) in [5.41, 5.74) is 4.69. The van der Waals surface area contributed by atoms with Gasteiger partial charge >= 0.3 is 10.8 Å². The van der Waals surface area contributed by atoms with Crippen molar-refractivity contribution in [3.63, 3.8) is 0 Å². The van der Waals surface area contributed by atoms with E-state index in [9.17, 15) is 14.7 Å². The molecule has 0 radical (unpaired) electrons. The number of ether oxygens (including phenoxy) is 2. The van der Waals surface area contributed by atoms with Crippen LogP contribution in [0.4, 0.5) is 0 Å². The summed E-state index contributed by atoms with van der Waals surface area (Å²) >= 11 is 1.11. The van der Waals surface area contributed by atoms with Gasteiger partial charge in [0.25, 0.3) is 0 Å². The summed E-state index contributed by atoms with van der Waals surface area (Å²) in [4.78, 5) is 30.1. The maximum absolute atomic E-state index is 12.8. The van der Waals surface area contributed by atoms with Crippen LogP contribution >= 0.6 is 11.3 Å². The van der Waals surface area contributed by atoms with E-state index < -0.39 is 17.7 Å². The first kappa shape index (κ1) is 25.4. The Balaban J connectivity index is 1.86. The number of rotatable bonds is 6. The molecule has 2 unspecified atom stereocenters. The minimum Gasteiger partial charge on any atom is -0.489 e. The molecule has 5 rings (SSSR count). The highest BCUT2D eigenvalue weighted by Crippen LogP contribution is 2.46. The highest BCUT2D eigenvalue weighted by molar-refractivity contribution is 7.17.